The third-order valence-electron chi connectivity index (χ3n) is 3.95. The second-order valence-electron chi connectivity index (χ2n) is 6.42. The molecule has 2 aromatic carbocycles. The van der Waals surface area contributed by atoms with Gasteiger partial charge in [0.1, 0.15) is 5.75 Å². The van der Waals surface area contributed by atoms with Crippen molar-refractivity contribution in [2.45, 2.75) is 32.5 Å². The highest BCUT2D eigenvalue weighted by molar-refractivity contribution is 5.88. The van der Waals surface area contributed by atoms with Crippen molar-refractivity contribution >= 4 is 11.9 Å². The van der Waals surface area contributed by atoms with Crippen molar-refractivity contribution < 1.29 is 32.2 Å². The molecule has 0 unspecified atom stereocenters. The number of aryl methyl sites for hydroxylation is 1. The zero-order chi connectivity index (χ0) is 21.3. The lowest BCUT2D eigenvalue weighted by molar-refractivity contribution is -0.201. The van der Waals surface area contributed by atoms with Gasteiger partial charge in [-0.25, -0.2) is 4.79 Å². The van der Waals surface area contributed by atoms with E-state index in [2.05, 4.69) is 34.3 Å². The molecule has 0 spiro atoms. The number of rotatable bonds is 9. The van der Waals surface area contributed by atoms with Crippen LogP contribution in [-0.2, 0) is 27.3 Å². The van der Waals surface area contributed by atoms with Gasteiger partial charge >= 0.3 is 18.1 Å². The highest BCUT2D eigenvalue weighted by Crippen LogP contribution is 2.17. The fourth-order valence-electron chi connectivity index (χ4n) is 2.42. The minimum Gasteiger partial charge on any atom is -0.493 e. The van der Waals surface area contributed by atoms with Crippen LogP contribution in [0.5, 0.6) is 5.75 Å². The summed E-state index contributed by atoms with van der Waals surface area (Å²) >= 11 is 0. The molecule has 156 valence electrons. The standard InChI is InChI=1S/C21H22F3NO4/c1-15-5-7-16(8-6-15)10-12-28-18-4-2-3-17(13-18)14-25-11-9-19(26)29-20(27)21(22,23)24/h2-8,13,25H,9-12,14H2,1H3. The van der Waals surface area contributed by atoms with Crippen molar-refractivity contribution in [2.24, 2.45) is 0 Å². The second-order valence-corrected chi connectivity index (χ2v) is 6.42. The highest BCUT2D eigenvalue weighted by Gasteiger charge is 2.42. The lowest BCUT2D eigenvalue weighted by Gasteiger charge is -2.09. The van der Waals surface area contributed by atoms with Crippen LogP contribution in [-0.4, -0.2) is 31.3 Å². The number of carbonyl (C=O) groups is 2. The molecule has 5 nitrogen and oxygen atoms in total. The molecule has 29 heavy (non-hydrogen) atoms. The molecule has 0 aromatic heterocycles. The SMILES string of the molecule is Cc1ccc(CCOc2cccc(CNCCC(=O)OC(=O)C(F)(F)F)c2)cc1. The van der Waals surface area contributed by atoms with E-state index in [0.29, 0.717) is 18.9 Å². The number of hydrogen-bond acceptors (Lipinski definition) is 5. The number of ether oxygens (including phenoxy) is 2. The Bertz CT molecular complexity index is 819. The first kappa shape index (κ1) is 22.4. The van der Waals surface area contributed by atoms with Gasteiger partial charge in [0.15, 0.2) is 0 Å². The summed E-state index contributed by atoms with van der Waals surface area (Å²) in [7, 11) is 0. The summed E-state index contributed by atoms with van der Waals surface area (Å²) in [5.41, 5.74) is 3.27. The Kier molecular flexibility index (Phi) is 8.21. The molecule has 2 rings (SSSR count). The van der Waals surface area contributed by atoms with Crippen molar-refractivity contribution in [2.75, 3.05) is 13.2 Å². The van der Waals surface area contributed by atoms with Crippen molar-refractivity contribution in [3.05, 3.63) is 65.2 Å². The van der Waals surface area contributed by atoms with Gasteiger partial charge in [0, 0.05) is 19.5 Å². The molecule has 0 bridgehead atoms. The van der Waals surface area contributed by atoms with E-state index in [1.807, 2.05) is 31.2 Å². The maximum atomic E-state index is 12.0. The first-order valence-corrected chi connectivity index (χ1v) is 9.04. The number of hydrogen-bond donors (Lipinski definition) is 1. The lowest BCUT2D eigenvalue weighted by atomic mass is 10.1. The molecule has 0 heterocycles. The number of esters is 2. The molecule has 0 saturated carbocycles. The van der Waals surface area contributed by atoms with Gasteiger partial charge in [-0.3, -0.25) is 4.79 Å². The topological polar surface area (TPSA) is 64.6 Å². The van der Waals surface area contributed by atoms with Gasteiger partial charge in [-0.1, -0.05) is 42.0 Å². The minimum absolute atomic E-state index is 0.0719. The molecule has 1 N–H and O–H groups in total. The van der Waals surface area contributed by atoms with Crippen molar-refractivity contribution in [1.29, 1.82) is 0 Å². The molecular weight excluding hydrogens is 387 g/mol. The summed E-state index contributed by atoms with van der Waals surface area (Å²) in [6.45, 7) is 3.02. The van der Waals surface area contributed by atoms with Gasteiger partial charge in [0.25, 0.3) is 0 Å². The average molecular weight is 409 g/mol. The number of alkyl halides is 3. The van der Waals surface area contributed by atoms with E-state index in [1.54, 1.807) is 0 Å². The second kappa shape index (κ2) is 10.6. The number of benzene rings is 2. The van der Waals surface area contributed by atoms with E-state index in [9.17, 15) is 22.8 Å². The normalized spacial score (nSPS) is 11.2. The smallest absolute Gasteiger partial charge is 0.491 e. The Morgan fingerprint density at radius 2 is 1.76 bits per heavy atom. The first-order valence-electron chi connectivity index (χ1n) is 9.04. The molecule has 0 radical (unpaired) electrons. The molecule has 0 aliphatic heterocycles. The van der Waals surface area contributed by atoms with E-state index in [-0.39, 0.29) is 13.0 Å². The summed E-state index contributed by atoms with van der Waals surface area (Å²) in [6, 6.07) is 15.6. The molecule has 0 saturated heterocycles. The van der Waals surface area contributed by atoms with Crippen molar-refractivity contribution in [3.8, 4) is 5.75 Å². The van der Waals surface area contributed by atoms with E-state index in [4.69, 9.17) is 4.74 Å². The summed E-state index contributed by atoms with van der Waals surface area (Å²) < 4.78 is 45.5. The first-order chi connectivity index (χ1) is 13.7. The minimum atomic E-state index is -5.18. The molecular formula is C21H22F3NO4. The van der Waals surface area contributed by atoms with E-state index in [1.165, 1.54) is 11.1 Å². The molecule has 0 aliphatic carbocycles. The van der Waals surface area contributed by atoms with Crippen molar-refractivity contribution in [1.82, 2.24) is 5.32 Å². The summed E-state index contributed by atoms with van der Waals surface area (Å²) in [4.78, 5) is 21.8. The van der Waals surface area contributed by atoms with Crippen molar-refractivity contribution in [3.63, 3.8) is 0 Å². The van der Waals surface area contributed by atoms with Crippen LogP contribution in [0.4, 0.5) is 13.2 Å². The van der Waals surface area contributed by atoms with Crippen LogP contribution in [0, 0.1) is 6.92 Å². The van der Waals surface area contributed by atoms with Gasteiger partial charge in [-0.2, -0.15) is 13.2 Å². The predicted molar refractivity (Wildman–Crippen MR) is 100 cm³/mol. The Labute approximate surface area is 166 Å². The van der Waals surface area contributed by atoms with Gasteiger partial charge in [-0.15, -0.1) is 0 Å². The molecule has 2 aromatic rings. The van der Waals surface area contributed by atoms with Crippen LogP contribution in [0.15, 0.2) is 48.5 Å². The van der Waals surface area contributed by atoms with Gasteiger partial charge in [-0.05, 0) is 30.2 Å². The number of nitrogens with one attached hydrogen (secondary N) is 1. The summed E-state index contributed by atoms with van der Waals surface area (Å²) in [6.07, 6.45) is -4.75. The van der Waals surface area contributed by atoms with Crippen LogP contribution in [0.1, 0.15) is 23.1 Å². The van der Waals surface area contributed by atoms with E-state index >= 15 is 0 Å². The monoisotopic (exact) mass is 409 g/mol. The van der Waals surface area contributed by atoms with Gasteiger partial charge in [0.2, 0.25) is 0 Å². The molecule has 0 fully saturated rings. The quantitative estimate of drug-likeness (QED) is 0.388. The number of halogens is 3. The molecule has 0 aliphatic rings. The molecule has 0 amide bonds. The zero-order valence-corrected chi connectivity index (χ0v) is 15.9. The fourth-order valence-corrected chi connectivity index (χ4v) is 2.42. The van der Waals surface area contributed by atoms with Gasteiger partial charge < -0.3 is 14.8 Å². The summed E-state index contributed by atoms with van der Waals surface area (Å²) in [5, 5.41) is 2.91. The average Bonchev–Trinajstić information content (AvgIpc) is 2.66. The van der Waals surface area contributed by atoms with E-state index in [0.717, 1.165) is 12.0 Å². The largest absolute Gasteiger partial charge is 0.493 e. The van der Waals surface area contributed by atoms with Crippen LogP contribution in [0.25, 0.3) is 0 Å². The Hall–Kier alpha value is -2.87. The van der Waals surface area contributed by atoms with Crippen LogP contribution in [0.2, 0.25) is 0 Å². The Morgan fingerprint density at radius 3 is 2.45 bits per heavy atom. The van der Waals surface area contributed by atoms with Crippen LogP contribution in [0.3, 0.4) is 0 Å². The third-order valence-corrected chi connectivity index (χ3v) is 3.95. The fraction of sp³-hybridized carbons (Fsp3) is 0.333. The van der Waals surface area contributed by atoms with Crippen LogP contribution >= 0.6 is 0 Å². The predicted octanol–water partition coefficient (Wildman–Crippen LogP) is 3.73. The Balaban J connectivity index is 1.69. The molecule has 0 atom stereocenters. The highest BCUT2D eigenvalue weighted by atomic mass is 19.4. The van der Waals surface area contributed by atoms with Gasteiger partial charge in [0.05, 0.1) is 13.0 Å². The van der Waals surface area contributed by atoms with E-state index < -0.39 is 18.1 Å². The lowest BCUT2D eigenvalue weighted by Crippen LogP contribution is -2.29. The summed E-state index contributed by atoms with van der Waals surface area (Å²) in [5.74, 6) is -3.03. The number of carbonyl (C=O) groups excluding carboxylic acids is 2. The maximum Gasteiger partial charge on any atom is 0.491 e. The zero-order valence-electron chi connectivity index (χ0n) is 15.9. The maximum absolute atomic E-state index is 12.0. The van der Waals surface area contributed by atoms with Crippen LogP contribution < -0.4 is 10.1 Å². The Morgan fingerprint density at radius 1 is 1.03 bits per heavy atom. The molecule has 8 heteroatoms. The third kappa shape index (κ3) is 8.35.